The number of pyridine rings is 1. The van der Waals surface area contributed by atoms with Crippen molar-refractivity contribution < 1.29 is 19.4 Å². The first-order chi connectivity index (χ1) is 19.4. The number of carboxylic acid groups (broad SMARTS) is 1. The Hall–Kier alpha value is -4.39. The number of esters is 1. The van der Waals surface area contributed by atoms with Crippen LogP contribution in [0.15, 0.2) is 108 Å². The second-order valence-corrected chi connectivity index (χ2v) is 10.6. The van der Waals surface area contributed by atoms with Crippen molar-refractivity contribution in [3.8, 4) is 0 Å². The van der Waals surface area contributed by atoms with Crippen molar-refractivity contribution >= 4 is 58.4 Å². The van der Waals surface area contributed by atoms with Crippen molar-refractivity contribution in [3.63, 3.8) is 0 Å². The summed E-state index contributed by atoms with van der Waals surface area (Å²) in [6.07, 6.45) is 3.95. The van der Waals surface area contributed by atoms with Crippen molar-refractivity contribution in [1.82, 2.24) is 4.98 Å². The molecule has 0 spiro atoms. The zero-order valence-electron chi connectivity index (χ0n) is 21.5. The first-order valence-electron chi connectivity index (χ1n) is 12.4. The molecular formula is C33H24ClNO4S. The predicted molar refractivity (Wildman–Crippen MR) is 161 cm³/mol. The normalized spacial score (nSPS) is 11.9. The van der Waals surface area contributed by atoms with Crippen molar-refractivity contribution in [1.29, 1.82) is 0 Å². The number of hydrogen-bond acceptors (Lipinski definition) is 5. The number of methoxy groups -OCH3 is 1. The van der Waals surface area contributed by atoms with E-state index in [0.717, 1.165) is 38.2 Å². The van der Waals surface area contributed by atoms with Gasteiger partial charge in [-0.1, -0.05) is 72.3 Å². The van der Waals surface area contributed by atoms with Crippen LogP contribution < -0.4 is 0 Å². The molecular weight excluding hydrogens is 542 g/mol. The molecule has 5 rings (SSSR count). The SMILES string of the molecule is COC(=O)c1cccc(SC(c2cccc(/C=C/c3ccc4ccc(Cl)cc4n3)c2)c2cccc(C(=O)O)c2)c1. The number of halogens is 1. The average molecular weight is 566 g/mol. The standard InChI is InChI=1S/C33H24ClNO4S/c1-39-33(38)26-9-4-10-29(19-26)40-31(24-7-3-8-25(18-24)32(36)37)23-6-2-5-21(17-23)11-15-28-16-13-22-12-14-27(34)20-30(22)35-28/h2-20,31H,1H3,(H,36,37)/b15-11+. The molecule has 5 aromatic rings. The van der Waals surface area contributed by atoms with Gasteiger partial charge in [0.05, 0.1) is 34.7 Å². The minimum Gasteiger partial charge on any atom is -0.478 e. The molecule has 5 nitrogen and oxygen atoms in total. The fourth-order valence-electron chi connectivity index (χ4n) is 4.32. The second-order valence-electron chi connectivity index (χ2n) is 9.02. The van der Waals surface area contributed by atoms with Crippen LogP contribution in [-0.4, -0.2) is 29.1 Å². The lowest BCUT2D eigenvalue weighted by molar-refractivity contribution is 0.0599. The number of aromatic carboxylic acids is 1. The minimum absolute atomic E-state index is 0.213. The largest absolute Gasteiger partial charge is 0.478 e. The highest BCUT2D eigenvalue weighted by Crippen LogP contribution is 2.41. The Morgan fingerprint density at radius 2 is 1.57 bits per heavy atom. The van der Waals surface area contributed by atoms with E-state index in [1.165, 1.54) is 18.9 Å². The van der Waals surface area contributed by atoms with Gasteiger partial charge in [-0.2, -0.15) is 0 Å². The van der Waals surface area contributed by atoms with Crippen molar-refractivity contribution in [2.24, 2.45) is 0 Å². The van der Waals surface area contributed by atoms with E-state index in [2.05, 4.69) is 6.07 Å². The first-order valence-corrected chi connectivity index (χ1v) is 13.7. The predicted octanol–water partition coefficient (Wildman–Crippen LogP) is 8.43. The van der Waals surface area contributed by atoms with Gasteiger partial charge in [-0.25, -0.2) is 14.6 Å². The Morgan fingerprint density at radius 1 is 0.850 bits per heavy atom. The van der Waals surface area contributed by atoms with E-state index in [4.69, 9.17) is 21.3 Å². The summed E-state index contributed by atoms with van der Waals surface area (Å²) in [6.45, 7) is 0. The van der Waals surface area contributed by atoms with Gasteiger partial charge < -0.3 is 9.84 Å². The number of aromatic nitrogens is 1. The summed E-state index contributed by atoms with van der Waals surface area (Å²) in [5.74, 6) is -1.40. The molecule has 0 saturated heterocycles. The fourth-order valence-corrected chi connectivity index (χ4v) is 5.68. The number of fused-ring (bicyclic) bond motifs is 1. The Labute approximate surface area is 241 Å². The van der Waals surface area contributed by atoms with E-state index in [-0.39, 0.29) is 10.8 Å². The Morgan fingerprint density at radius 3 is 2.38 bits per heavy atom. The number of carbonyl (C=O) groups is 2. The van der Waals surface area contributed by atoms with Gasteiger partial charge in [0, 0.05) is 15.3 Å². The van der Waals surface area contributed by atoms with Crippen LogP contribution in [0.25, 0.3) is 23.1 Å². The van der Waals surface area contributed by atoms with Gasteiger partial charge >= 0.3 is 11.9 Å². The highest BCUT2D eigenvalue weighted by molar-refractivity contribution is 7.99. The second kappa shape index (κ2) is 12.2. The van der Waals surface area contributed by atoms with Crippen LogP contribution in [0.2, 0.25) is 5.02 Å². The van der Waals surface area contributed by atoms with Crippen LogP contribution in [0.5, 0.6) is 0 Å². The van der Waals surface area contributed by atoms with Crippen LogP contribution in [0.3, 0.4) is 0 Å². The van der Waals surface area contributed by atoms with Gasteiger partial charge in [0.2, 0.25) is 0 Å². The van der Waals surface area contributed by atoms with Crippen LogP contribution in [-0.2, 0) is 4.74 Å². The lowest BCUT2D eigenvalue weighted by Crippen LogP contribution is -2.03. The van der Waals surface area contributed by atoms with Gasteiger partial charge in [-0.15, -0.1) is 11.8 Å². The van der Waals surface area contributed by atoms with E-state index in [0.29, 0.717) is 10.6 Å². The smallest absolute Gasteiger partial charge is 0.337 e. The van der Waals surface area contributed by atoms with E-state index < -0.39 is 11.9 Å². The zero-order chi connectivity index (χ0) is 28.1. The summed E-state index contributed by atoms with van der Waals surface area (Å²) in [5.41, 5.74) is 5.08. The van der Waals surface area contributed by atoms with Gasteiger partial charge in [0.25, 0.3) is 0 Å². The molecule has 1 aromatic heterocycles. The van der Waals surface area contributed by atoms with Crippen LogP contribution in [0.4, 0.5) is 0 Å². The minimum atomic E-state index is -0.987. The summed E-state index contributed by atoms with van der Waals surface area (Å²) in [7, 11) is 1.35. The first kappa shape index (κ1) is 27.2. The summed E-state index contributed by atoms with van der Waals surface area (Å²) in [4.78, 5) is 29.4. The third kappa shape index (κ3) is 6.42. The molecule has 0 amide bonds. The number of carboxylic acids is 1. The molecule has 1 unspecified atom stereocenters. The van der Waals surface area contributed by atoms with Crippen LogP contribution in [0.1, 0.15) is 48.4 Å². The van der Waals surface area contributed by atoms with Gasteiger partial charge in [-0.05, 0) is 71.3 Å². The number of nitrogens with zero attached hydrogens (tertiary/aromatic N) is 1. The number of rotatable bonds is 8. The monoisotopic (exact) mass is 565 g/mol. The molecule has 1 atom stereocenters. The van der Waals surface area contributed by atoms with Gasteiger partial charge in [-0.3, -0.25) is 0 Å². The molecule has 0 saturated carbocycles. The highest BCUT2D eigenvalue weighted by atomic mass is 35.5. The molecule has 0 aliphatic rings. The molecule has 0 aliphatic heterocycles. The van der Waals surface area contributed by atoms with Crippen LogP contribution >= 0.6 is 23.4 Å². The van der Waals surface area contributed by atoms with Gasteiger partial charge in [0.15, 0.2) is 0 Å². The van der Waals surface area contributed by atoms with Crippen molar-refractivity contribution in [2.75, 3.05) is 7.11 Å². The molecule has 0 bridgehead atoms. The molecule has 198 valence electrons. The lowest BCUT2D eigenvalue weighted by Gasteiger charge is -2.19. The van der Waals surface area contributed by atoms with E-state index in [9.17, 15) is 14.7 Å². The molecule has 0 aliphatic carbocycles. The number of hydrogen-bond donors (Lipinski definition) is 1. The third-order valence-corrected chi connectivity index (χ3v) is 7.82. The third-order valence-electron chi connectivity index (χ3n) is 6.28. The molecule has 4 aromatic carbocycles. The van der Waals surface area contributed by atoms with Crippen molar-refractivity contribution in [3.05, 3.63) is 142 Å². The maximum absolute atomic E-state index is 12.1. The number of carbonyl (C=O) groups excluding carboxylic acids is 1. The quantitative estimate of drug-likeness (QED) is 0.150. The number of thioether (sulfide) groups is 1. The maximum atomic E-state index is 12.1. The van der Waals surface area contributed by atoms with E-state index >= 15 is 0 Å². The molecule has 1 heterocycles. The van der Waals surface area contributed by atoms with E-state index in [1.54, 1.807) is 30.3 Å². The molecule has 1 N–H and O–H groups in total. The van der Waals surface area contributed by atoms with Crippen molar-refractivity contribution in [2.45, 2.75) is 10.1 Å². The molecule has 0 radical (unpaired) electrons. The molecule has 40 heavy (non-hydrogen) atoms. The molecule has 0 fully saturated rings. The van der Waals surface area contributed by atoms with Gasteiger partial charge in [0.1, 0.15) is 0 Å². The Balaban J connectivity index is 1.50. The average Bonchev–Trinajstić information content (AvgIpc) is 2.98. The number of ether oxygens (including phenoxy) is 1. The summed E-state index contributed by atoms with van der Waals surface area (Å²) in [6, 6.07) is 31.8. The zero-order valence-corrected chi connectivity index (χ0v) is 23.0. The topological polar surface area (TPSA) is 76.5 Å². The Bertz CT molecular complexity index is 1750. The molecule has 7 heteroatoms. The lowest BCUT2D eigenvalue weighted by atomic mass is 10.00. The highest BCUT2D eigenvalue weighted by Gasteiger charge is 2.19. The summed E-state index contributed by atoms with van der Waals surface area (Å²) >= 11 is 7.68. The fraction of sp³-hybridized carbons (Fsp3) is 0.0606. The number of benzene rings is 4. The summed E-state index contributed by atoms with van der Waals surface area (Å²) < 4.78 is 4.88. The Kier molecular flexibility index (Phi) is 8.29. The maximum Gasteiger partial charge on any atom is 0.337 e. The van der Waals surface area contributed by atoms with Crippen LogP contribution in [0, 0.1) is 0 Å². The summed E-state index contributed by atoms with van der Waals surface area (Å²) in [5, 5.41) is 11.0. The van der Waals surface area contributed by atoms with E-state index in [1.807, 2.05) is 78.9 Å².